The summed E-state index contributed by atoms with van der Waals surface area (Å²) >= 11 is 0. The second-order valence-electron chi connectivity index (χ2n) is 8.26. The quantitative estimate of drug-likeness (QED) is 0.791. The molecule has 28 heavy (non-hydrogen) atoms. The van der Waals surface area contributed by atoms with Crippen LogP contribution < -0.4 is 10.6 Å². The minimum atomic E-state index is -0.662. The van der Waals surface area contributed by atoms with Crippen molar-refractivity contribution in [3.63, 3.8) is 0 Å². The number of nitrogens with one attached hydrogen (secondary N) is 2. The molecule has 0 spiro atoms. The Morgan fingerprint density at radius 2 is 1.50 bits per heavy atom. The van der Waals surface area contributed by atoms with E-state index in [1.165, 1.54) is 12.1 Å². The van der Waals surface area contributed by atoms with Crippen LogP contribution in [0.25, 0.3) is 0 Å². The first-order valence-corrected chi connectivity index (χ1v) is 9.52. The lowest BCUT2D eigenvalue weighted by Crippen LogP contribution is -2.47. The summed E-state index contributed by atoms with van der Waals surface area (Å²) in [6.07, 6.45) is 0.584. The number of amides is 2. The summed E-state index contributed by atoms with van der Waals surface area (Å²) in [4.78, 5) is 24.8. The van der Waals surface area contributed by atoms with E-state index in [1.807, 2.05) is 19.1 Å². The molecule has 2 rings (SSSR count). The van der Waals surface area contributed by atoms with Gasteiger partial charge in [-0.1, -0.05) is 45.0 Å². The highest BCUT2D eigenvalue weighted by Gasteiger charge is 2.19. The normalized spacial score (nSPS) is 13.5. The zero-order chi connectivity index (χ0) is 20.9. The molecule has 0 bridgehead atoms. The van der Waals surface area contributed by atoms with Gasteiger partial charge in [-0.2, -0.15) is 0 Å². The average Bonchev–Trinajstić information content (AvgIpc) is 2.62. The van der Waals surface area contributed by atoms with E-state index >= 15 is 0 Å². The maximum absolute atomic E-state index is 13.0. The smallest absolute Gasteiger partial charge is 0.251 e. The van der Waals surface area contributed by atoms with Crippen LogP contribution in [0.15, 0.2) is 48.5 Å². The van der Waals surface area contributed by atoms with E-state index in [2.05, 4.69) is 31.4 Å². The molecule has 0 radical (unpaired) electrons. The molecule has 0 aliphatic carbocycles. The molecule has 2 N–H and O–H groups in total. The van der Waals surface area contributed by atoms with Gasteiger partial charge in [0.25, 0.3) is 5.91 Å². The van der Waals surface area contributed by atoms with E-state index in [4.69, 9.17) is 0 Å². The number of halogens is 1. The zero-order valence-corrected chi connectivity index (χ0v) is 17.2. The SMILES string of the molecule is CC(Cc1ccc(F)cc1)NC(=O)C(C)NC(=O)c1ccc(C(C)(C)C)cc1. The lowest BCUT2D eigenvalue weighted by molar-refractivity contribution is -0.123. The Labute approximate surface area is 166 Å². The van der Waals surface area contributed by atoms with Crippen molar-refractivity contribution < 1.29 is 14.0 Å². The molecule has 2 amide bonds. The largest absolute Gasteiger partial charge is 0.352 e. The Kier molecular flexibility index (Phi) is 6.95. The highest BCUT2D eigenvalue weighted by atomic mass is 19.1. The van der Waals surface area contributed by atoms with Crippen molar-refractivity contribution >= 4 is 11.8 Å². The molecule has 0 fully saturated rings. The lowest BCUT2D eigenvalue weighted by atomic mass is 9.86. The van der Waals surface area contributed by atoms with Gasteiger partial charge in [0.2, 0.25) is 5.91 Å². The number of hydrogen-bond acceptors (Lipinski definition) is 2. The Balaban J connectivity index is 1.88. The highest BCUT2D eigenvalue weighted by Crippen LogP contribution is 2.22. The molecule has 0 aliphatic rings. The summed E-state index contributed by atoms with van der Waals surface area (Å²) in [6, 6.07) is 12.8. The van der Waals surface area contributed by atoms with Crippen LogP contribution in [-0.2, 0) is 16.6 Å². The predicted octanol–water partition coefficient (Wildman–Crippen LogP) is 3.99. The molecule has 0 saturated heterocycles. The van der Waals surface area contributed by atoms with Gasteiger partial charge in [0.1, 0.15) is 11.9 Å². The fourth-order valence-corrected chi connectivity index (χ4v) is 2.86. The van der Waals surface area contributed by atoms with Crippen LogP contribution in [0.1, 0.15) is 56.1 Å². The van der Waals surface area contributed by atoms with Crippen molar-refractivity contribution in [2.24, 2.45) is 0 Å². The Morgan fingerprint density at radius 1 is 0.929 bits per heavy atom. The second-order valence-corrected chi connectivity index (χ2v) is 8.26. The van der Waals surface area contributed by atoms with E-state index in [9.17, 15) is 14.0 Å². The number of carbonyl (C=O) groups excluding carboxylic acids is 2. The molecule has 2 atom stereocenters. The van der Waals surface area contributed by atoms with Gasteiger partial charge < -0.3 is 10.6 Å². The van der Waals surface area contributed by atoms with Gasteiger partial charge in [-0.15, -0.1) is 0 Å². The van der Waals surface area contributed by atoms with Gasteiger partial charge in [0, 0.05) is 11.6 Å². The summed E-state index contributed by atoms with van der Waals surface area (Å²) in [5.41, 5.74) is 2.62. The van der Waals surface area contributed by atoms with E-state index in [1.54, 1.807) is 31.2 Å². The van der Waals surface area contributed by atoms with Crippen LogP contribution in [0.5, 0.6) is 0 Å². The van der Waals surface area contributed by atoms with Crippen LogP contribution in [0.3, 0.4) is 0 Å². The van der Waals surface area contributed by atoms with E-state index < -0.39 is 6.04 Å². The molecule has 0 aromatic heterocycles. The molecule has 2 unspecified atom stereocenters. The maximum Gasteiger partial charge on any atom is 0.251 e. The van der Waals surface area contributed by atoms with Gasteiger partial charge in [0.05, 0.1) is 0 Å². The second kappa shape index (κ2) is 9.00. The molecule has 150 valence electrons. The molecule has 0 saturated carbocycles. The van der Waals surface area contributed by atoms with Crippen LogP contribution >= 0.6 is 0 Å². The summed E-state index contributed by atoms with van der Waals surface area (Å²) < 4.78 is 13.0. The van der Waals surface area contributed by atoms with Gasteiger partial charge >= 0.3 is 0 Å². The summed E-state index contributed by atoms with van der Waals surface area (Å²) in [5, 5.41) is 5.61. The first-order chi connectivity index (χ1) is 13.1. The minimum Gasteiger partial charge on any atom is -0.352 e. The molecular weight excluding hydrogens is 355 g/mol. The third-order valence-electron chi connectivity index (χ3n) is 4.60. The fourth-order valence-electron chi connectivity index (χ4n) is 2.86. The molecule has 4 nitrogen and oxygen atoms in total. The van der Waals surface area contributed by atoms with Gasteiger partial charge in [-0.25, -0.2) is 4.39 Å². The molecule has 2 aromatic carbocycles. The van der Waals surface area contributed by atoms with Crippen molar-refractivity contribution in [2.75, 3.05) is 0 Å². The third kappa shape index (κ3) is 6.19. The van der Waals surface area contributed by atoms with Crippen molar-refractivity contribution in [3.8, 4) is 0 Å². The van der Waals surface area contributed by atoms with Gasteiger partial charge in [0.15, 0.2) is 0 Å². The van der Waals surface area contributed by atoms with E-state index in [0.29, 0.717) is 12.0 Å². The van der Waals surface area contributed by atoms with Crippen LogP contribution in [0.4, 0.5) is 4.39 Å². The minimum absolute atomic E-state index is 0.0167. The molecule has 0 aliphatic heterocycles. The summed E-state index contributed by atoms with van der Waals surface area (Å²) in [7, 11) is 0. The Morgan fingerprint density at radius 3 is 2.04 bits per heavy atom. The zero-order valence-electron chi connectivity index (χ0n) is 17.2. The predicted molar refractivity (Wildman–Crippen MR) is 110 cm³/mol. The number of hydrogen-bond donors (Lipinski definition) is 2. The van der Waals surface area contributed by atoms with E-state index in [0.717, 1.165) is 11.1 Å². The summed E-state index contributed by atoms with van der Waals surface area (Å²) in [5.74, 6) is -0.823. The first-order valence-electron chi connectivity index (χ1n) is 9.52. The number of carbonyl (C=O) groups is 2. The van der Waals surface area contributed by atoms with Crippen molar-refractivity contribution in [1.82, 2.24) is 10.6 Å². The van der Waals surface area contributed by atoms with E-state index in [-0.39, 0.29) is 29.1 Å². The first kappa shape index (κ1) is 21.6. The number of rotatable bonds is 6. The molecule has 5 heteroatoms. The lowest BCUT2D eigenvalue weighted by Gasteiger charge is -2.20. The highest BCUT2D eigenvalue weighted by molar-refractivity contribution is 5.97. The van der Waals surface area contributed by atoms with Crippen molar-refractivity contribution in [1.29, 1.82) is 0 Å². The topological polar surface area (TPSA) is 58.2 Å². The summed E-state index contributed by atoms with van der Waals surface area (Å²) in [6.45, 7) is 9.87. The molecule has 2 aromatic rings. The standard InChI is InChI=1S/C23H29FN2O2/c1-15(14-17-6-12-20(24)13-7-17)25-21(27)16(2)26-22(28)18-8-10-19(11-9-18)23(3,4)5/h6-13,15-16H,14H2,1-5H3,(H,25,27)(H,26,28). The van der Waals surface area contributed by atoms with Crippen LogP contribution in [0.2, 0.25) is 0 Å². The van der Waals surface area contributed by atoms with Crippen LogP contribution in [0, 0.1) is 5.82 Å². The number of benzene rings is 2. The average molecular weight is 384 g/mol. The fraction of sp³-hybridized carbons (Fsp3) is 0.391. The van der Waals surface area contributed by atoms with Gasteiger partial charge in [-0.05, 0) is 61.1 Å². The molecular formula is C23H29FN2O2. The van der Waals surface area contributed by atoms with Crippen LogP contribution in [-0.4, -0.2) is 23.9 Å². The third-order valence-corrected chi connectivity index (χ3v) is 4.60. The molecule has 0 heterocycles. The maximum atomic E-state index is 13.0. The Bertz CT molecular complexity index is 808. The van der Waals surface area contributed by atoms with Gasteiger partial charge in [-0.3, -0.25) is 9.59 Å². The van der Waals surface area contributed by atoms with Crippen molar-refractivity contribution in [3.05, 3.63) is 71.0 Å². The van der Waals surface area contributed by atoms with Crippen molar-refractivity contribution in [2.45, 2.75) is 58.5 Å². The monoisotopic (exact) mass is 384 g/mol. The Hall–Kier alpha value is -2.69.